The van der Waals surface area contributed by atoms with Crippen LogP contribution in [-0.2, 0) is 9.53 Å². The predicted octanol–water partition coefficient (Wildman–Crippen LogP) is 6.09. The van der Waals surface area contributed by atoms with Crippen molar-refractivity contribution in [2.45, 2.75) is 129 Å². The van der Waals surface area contributed by atoms with Gasteiger partial charge < -0.3 is 14.9 Å². The second-order valence-electron chi connectivity index (χ2n) is 7.90. The zero-order chi connectivity index (χ0) is 20.9. The average molecular weight is 399 g/mol. The van der Waals surface area contributed by atoms with Crippen molar-refractivity contribution in [2.75, 3.05) is 6.61 Å². The summed E-state index contributed by atoms with van der Waals surface area (Å²) in [5, 5.41) is 18.7. The molecule has 0 radical (unpaired) electrons. The standard InChI is InChI=1S/C24H46O4/c1-3-5-6-7-8-9-10-11-12-13-14-15-16-17-18-20-24(27)28-23(19-4-2)22(26)21-25/h11-12,22-23,25-26H,3-10,13-21H2,1-2H3. The number of esters is 1. The Balaban J connectivity index is 3.48. The number of hydrogen-bond acceptors (Lipinski definition) is 4. The lowest BCUT2D eigenvalue weighted by atomic mass is 10.1. The van der Waals surface area contributed by atoms with Crippen molar-refractivity contribution in [3.63, 3.8) is 0 Å². The molecule has 0 fully saturated rings. The van der Waals surface area contributed by atoms with Crippen LogP contribution in [0.4, 0.5) is 0 Å². The molecule has 0 aliphatic carbocycles. The fourth-order valence-electron chi connectivity index (χ4n) is 3.30. The van der Waals surface area contributed by atoms with Crippen molar-refractivity contribution < 1.29 is 19.7 Å². The molecule has 0 spiro atoms. The Hall–Kier alpha value is -0.870. The van der Waals surface area contributed by atoms with Crippen LogP contribution in [0.5, 0.6) is 0 Å². The molecule has 4 heteroatoms. The molecule has 166 valence electrons. The van der Waals surface area contributed by atoms with Crippen molar-refractivity contribution in [2.24, 2.45) is 0 Å². The van der Waals surface area contributed by atoms with Crippen LogP contribution in [0, 0.1) is 0 Å². The minimum absolute atomic E-state index is 0.261. The van der Waals surface area contributed by atoms with E-state index in [0.717, 1.165) is 32.1 Å². The molecule has 0 rings (SSSR count). The third-order valence-corrected chi connectivity index (χ3v) is 5.11. The molecule has 0 amide bonds. The molecule has 0 aromatic rings. The van der Waals surface area contributed by atoms with E-state index in [1.807, 2.05) is 6.92 Å². The van der Waals surface area contributed by atoms with Crippen molar-refractivity contribution in [1.29, 1.82) is 0 Å². The molecule has 0 heterocycles. The third kappa shape index (κ3) is 17.2. The van der Waals surface area contributed by atoms with E-state index in [0.29, 0.717) is 12.8 Å². The van der Waals surface area contributed by atoms with E-state index >= 15 is 0 Å². The SMILES string of the molecule is CCCCCCCCC=CCCCCCCCC(=O)OC(CCC)C(O)CO. The molecule has 0 aliphatic heterocycles. The molecule has 2 unspecified atom stereocenters. The summed E-state index contributed by atoms with van der Waals surface area (Å²) < 4.78 is 5.30. The highest BCUT2D eigenvalue weighted by molar-refractivity contribution is 5.69. The average Bonchev–Trinajstić information content (AvgIpc) is 2.70. The quantitative estimate of drug-likeness (QED) is 0.148. The van der Waals surface area contributed by atoms with Crippen LogP contribution in [0.1, 0.15) is 117 Å². The van der Waals surface area contributed by atoms with Crippen LogP contribution in [0.15, 0.2) is 12.2 Å². The van der Waals surface area contributed by atoms with Gasteiger partial charge in [0.2, 0.25) is 0 Å². The van der Waals surface area contributed by atoms with Gasteiger partial charge in [0.1, 0.15) is 12.2 Å². The fraction of sp³-hybridized carbons (Fsp3) is 0.875. The number of rotatable bonds is 20. The summed E-state index contributed by atoms with van der Waals surface area (Å²) in [6, 6.07) is 0. The van der Waals surface area contributed by atoms with Gasteiger partial charge in [0.05, 0.1) is 6.61 Å². The lowest BCUT2D eigenvalue weighted by Crippen LogP contribution is -2.33. The van der Waals surface area contributed by atoms with Gasteiger partial charge >= 0.3 is 5.97 Å². The maximum atomic E-state index is 11.9. The number of hydrogen-bond donors (Lipinski definition) is 2. The maximum Gasteiger partial charge on any atom is 0.306 e. The Morgan fingerprint density at radius 1 is 0.821 bits per heavy atom. The van der Waals surface area contributed by atoms with Gasteiger partial charge in [-0.05, 0) is 38.5 Å². The van der Waals surface area contributed by atoms with Crippen LogP contribution in [-0.4, -0.2) is 35.0 Å². The number of carbonyl (C=O) groups excluding carboxylic acids is 1. The van der Waals surface area contributed by atoms with Gasteiger partial charge in [-0.1, -0.05) is 83.8 Å². The monoisotopic (exact) mass is 398 g/mol. The Morgan fingerprint density at radius 2 is 1.36 bits per heavy atom. The molecule has 2 atom stereocenters. The largest absolute Gasteiger partial charge is 0.460 e. The molecule has 0 aromatic carbocycles. The normalized spacial score (nSPS) is 13.7. The van der Waals surface area contributed by atoms with E-state index in [9.17, 15) is 9.90 Å². The first kappa shape index (κ1) is 27.1. The first-order valence-corrected chi connectivity index (χ1v) is 11.8. The fourth-order valence-corrected chi connectivity index (χ4v) is 3.30. The van der Waals surface area contributed by atoms with E-state index in [2.05, 4.69) is 19.1 Å². The predicted molar refractivity (Wildman–Crippen MR) is 117 cm³/mol. The van der Waals surface area contributed by atoms with Gasteiger partial charge in [0, 0.05) is 6.42 Å². The maximum absolute atomic E-state index is 11.9. The molecule has 0 aliphatic rings. The number of aliphatic hydroxyl groups is 2. The summed E-state index contributed by atoms with van der Waals surface area (Å²) >= 11 is 0. The number of aliphatic hydroxyl groups excluding tert-OH is 2. The third-order valence-electron chi connectivity index (χ3n) is 5.11. The minimum Gasteiger partial charge on any atom is -0.460 e. The molecule has 4 nitrogen and oxygen atoms in total. The minimum atomic E-state index is -0.974. The van der Waals surface area contributed by atoms with E-state index in [1.165, 1.54) is 57.8 Å². The summed E-state index contributed by atoms with van der Waals surface area (Å²) in [6.07, 6.45) is 20.9. The van der Waals surface area contributed by atoms with Crippen molar-refractivity contribution in [3.8, 4) is 0 Å². The van der Waals surface area contributed by atoms with Gasteiger partial charge in [0.15, 0.2) is 0 Å². The number of allylic oxidation sites excluding steroid dienone is 2. The Morgan fingerprint density at radius 3 is 1.89 bits per heavy atom. The number of carbonyl (C=O) groups is 1. The van der Waals surface area contributed by atoms with Gasteiger partial charge in [-0.3, -0.25) is 4.79 Å². The summed E-state index contributed by atoms with van der Waals surface area (Å²) in [4.78, 5) is 11.9. The molecule has 0 bridgehead atoms. The second kappa shape index (κ2) is 20.9. The second-order valence-corrected chi connectivity index (χ2v) is 7.90. The lowest BCUT2D eigenvalue weighted by molar-refractivity contribution is -0.157. The van der Waals surface area contributed by atoms with Gasteiger partial charge in [0.25, 0.3) is 0 Å². The van der Waals surface area contributed by atoms with Gasteiger partial charge in [-0.25, -0.2) is 0 Å². The summed E-state index contributed by atoms with van der Waals surface area (Å²) in [6.45, 7) is 3.85. The molecular formula is C24H46O4. The Kier molecular flexibility index (Phi) is 20.2. The highest BCUT2D eigenvalue weighted by Crippen LogP contribution is 2.12. The molecule has 2 N–H and O–H groups in total. The highest BCUT2D eigenvalue weighted by Gasteiger charge is 2.21. The van der Waals surface area contributed by atoms with Crippen molar-refractivity contribution >= 4 is 5.97 Å². The van der Waals surface area contributed by atoms with Gasteiger partial charge in [-0.15, -0.1) is 0 Å². The van der Waals surface area contributed by atoms with E-state index in [-0.39, 0.29) is 12.6 Å². The molecular weight excluding hydrogens is 352 g/mol. The highest BCUT2D eigenvalue weighted by atomic mass is 16.6. The summed E-state index contributed by atoms with van der Waals surface area (Å²) in [5.74, 6) is -0.261. The Bertz CT molecular complexity index is 368. The van der Waals surface area contributed by atoms with Crippen molar-refractivity contribution in [3.05, 3.63) is 12.2 Å². The zero-order valence-electron chi connectivity index (χ0n) is 18.5. The van der Waals surface area contributed by atoms with E-state index in [1.54, 1.807) is 0 Å². The van der Waals surface area contributed by atoms with Crippen LogP contribution < -0.4 is 0 Å². The van der Waals surface area contributed by atoms with E-state index in [4.69, 9.17) is 9.84 Å². The Labute approximate surface area is 173 Å². The van der Waals surface area contributed by atoms with Crippen LogP contribution in [0.25, 0.3) is 0 Å². The van der Waals surface area contributed by atoms with Crippen LogP contribution in [0.2, 0.25) is 0 Å². The van der Waals surface area contributed by atoms with Crippen LogP contribution >= 0.6 is 0 Å². The topological polar surface area (TPSA) is 66.8 Å². The summed E-state index contributed by atoms with van der Waals surface area (Å²) in [7, 11) is 0. The van der Waals surface area contributed by atoms with E-state index < -0.39 is 12.2 Å². The molecule has 0 aromatic heterocycles. The smallest absolute Gasteiger partial charge is 0.306 e. The zero-order valence-corrected chi connectivity index (χ0v) is 18.5. The van der Waals surface area contributed by atoms with Gasteiger partial charge in [-0.2, -0.15) is 0 Å². The first-order valence-electron chi connectivity index (χ1n) is 11.8. The summed E-state index contributed by atoms with van der Waals surface area (Å²) in [5.41, 5.74) is 0. The van der Waals surface area contributed by atoms with Crippen molar-refractivity contribution in [1.82, 2.24) is 0 Å². The molecule has 0 saturated heterocycles. The number of unbranched alkanes of at least 4 members (excludes halogenated alkanes) is 11. The molecule has 0 saturated carbocycles. The first-order chi connectivity index (χ1) is 13.7. The van der Waals surface area contributed by atoms with Crippen LogP contribution in [0.3, 0.4) is 0 Å². The lowest BCUT2D eigenvalue weighted by Gasteiger charge is -2.21. The number of ether oxygens (including phenoxy) is 1. The molecule has 28 heavy (non-hydrogen) atoms.